The number of benzene rings is 11. The van der Waals surface area contributed by atoms with Crippen molar-refractivity contribution in [1.29, 1.82) is 0 Å². The Kier molecular flexibility index (Phi) is 7.91. The highest BCUT2D eigenvalue weighted by atomic mass is 32.1. The van der Waals surface area contributed by atoms with E-state index in [4.69, 9.17) is 13.3 Å². The van der Waals surface area contributed by atoms with E-state index in [1.165, 1.54) is 36.6 Å². The van der Waals surface area contributed by atoms with Crippen molar-refractivity contribution in [2.24, 2.45) is 0 Å². The Morgan fingerprint density at radius 3 is 1.38 bits per heavy atom. The Morgan fingerprint density at radius 1 is 0.315 bits per heavy atom. The first-order valence-electron chi connectivity index (χ1n) is 24.8. The van der Waals surface area contributed by atoms with Crippen LogP contribution in [0, 0.1) is 0 Å². The minimum Gasteiger partial charge on any atom is -0.456 e. The summed E-state index contributed by atoms with van der Waals surface area (Å²) in [5, 5.41) is 9.00. The molecule has 0 spiro atoms. The van der Waals surface area contributed by atoms with Gasteiger partial charge in [-0.3, -0.25) is 0 Å². The van der Waals surface area contributed by atoms with E-state index in [0.717, 1.165) is 122 Å². The Labute approximate surface area is 422 Å². The molecule has 0 amide bonds. The van der Waals surface area contributed by atoms with Gasteiger partial charge in [-0.05, 0) is 87.5 Å². The fourth-order valence-electron chi connectivity index (χ4n) is 12.5. The topological polar surface area (TPSA) is 45.9 Å². The van der Waals surface area contributed by atoms with E-state index in [-0.39, 0.29) is 6.71 Å². The number of hydrogen-bond donors (Lipinski definition) is 0. The van der Waals surface area contributed by atoms with E-state index in [2.05, 4.69) is 234 Å². The van der Waals surface area contributed by atoms with Gasteiger partial charge in [0, 0.05) is 87.0 Å². The number of fused-ring (bicyclic) bond motifs is 16. The second kappa shape index (κ2) is 14.6. The summed E-state index contributed by atoms with van der Waals surface area (Å²) in [6, 6.07) is 81.3. The van der Waals surface area contributed by atoms with Crippen LogP contribution in [0.25, 0.3) is 108 Å². The molecule has 0 bridgehead atoms. The first-order valence-corrected chi connectivity index (χ1v) is 25.7. The van der Waals surface area contributed by atoms with E-state index >= 15 is 0 Å². The number of furan rings is 3. The van der Waals surface area contributed by atoms with E-state index in [9.17, 15) is 0 Å². The van der Waals surface area contributed by atoms with E-state index in [1.54, 1.807) is 0 Å². The molecule has 11 aromatic carbocycles. The smallest absolute Gasteiger partial charge is 0.252 e. The third-order valence-electron chi connectivity index (χ3n) is 15.6. The third-order valence-corrected chi connectivity index (χ3v) is 16.8. The van der Waals surface area contributed by atoms with Crippen molar-refractivity contribution >= 4 is 155 Å². The van der Waals surface area contributed by atoms with Crippen molar-refractivity contribution < 1.29 is 13.3 Å². The summed E-state index contributed by atoms with van der Waals surface area (Å²) in [5.41, 5.74) is 19.4. The number of para-hydroxylation sites is 3. The largest absolute Gasteiger partial charge is 0.456 e. The van der Waals surface area contributed by atoms with Gasteiger partial charge in [0.15, 0.2) is 11.2 Å². The lowest BCUT2D eigenvalue weighted by Crippen LogP contribution is -2.61. The van der Waals surface area contributed by atoms with Gasteiger partial charge < -0.3 is 23.1 Å². The van der Waals surface area contributed by atoms with Crippen molar-refractivity contribution in [1.82, 2.24) is 0 Å². The fourth-order valence-corrected chi connectivity index (χ4v) is 13.7. The van der Waals surface area contributed by atoms with Crippen molar-refractivity contribution in [2.45, 2.75) is 0 Å². The highest BCUT2D eigenvalue weighted by Gasteiger charge is 2.46. The molecular weight excluding hydrogens is 912 g/mol. The molecule has 0 atom stereocenters. The van der Waals surface area contributed by atoms with Gasteiger partial charge in [0.25, 0.3) is 6.71 Å². The second-order valence-corrected chi connectivity index (χ2v) is 20.5. The molecule has 6 heterocycles. The van der Waals surface area contributed by atoms with Gasteiger partial charge in [-0.1, -0.05) is 164 Å². The Balaban J connectivity index is 1.06. The summed E-state index contributed by atoms with van der Waals surface area (Å²) in [4.78, 5) is 5.03. The van der Waals surface area contributed by atoms with Crippen LogP contribution in [-0.4, -0.2) is 6.71 Å². The fraction of sp³-hybridized carbons (Fsp3) is 0. The standard InChI is InChI=1S/C66H37BN2O3S/c1-3-16-38(17-4-1)40-30-32-46-42-20-7-12-27-57(42)71-65(46)63(40)68-52-24-15-25-53-62(52)67(50-34-48-44-22-9-11-26-56(44)70-59(48)36-54(50)68)51-35-49-45-23-10-14-29-60(45)73-61(49)37-55(51)69(53)64-41(39-18-5-2-6-19-39)31-33-47-43-21-8-13-28-58(43)72-66(47)64/h1-37H. The quantitative estimate of drug-likeness (QED) is 0.165. The van der Waals surface area contributed by atoms with Crippen LogP contribution in [0.5, 0.6) is 0 Å². The van der Waals surface area contributed by atoms with Gasteiger partial charge in [0.1, 0.15) is 22.3 Å². The highest BCUT2D eigenvalue weighted by molar-refractivity contribution is 7.26. The number of thiophene rings is 1. The van der Waals surface area contributed by atoms with Crippen molar-refractivity contribution in [2.75, 3.05) is 9.80 Å². The predicted molar refractivity (Wildman–Crippen MR) is 306 cm³/mol. The highest BCUT2D eigenvalue weighted by Crippen LogP contribution is 2.54. The molecule has 2 aliphatic heterocycles. The molecule has 0 fully saturated rings. The Hall–Kier alpha value is -9.30. The van der Waals surface area contributed by atoms with Crippen molar-refractivity contribution in [3.05, 3.63) is 224 Å². The zero-order chi connectivity index (χ0) is 47.5. The molecule has 15 aromatic rings. The van der Waals surface area contributed by atoms with E-state index < -0.39 is 0 Å². The first kappa shape index (κ1) is 39.4. The van der Waals surface area contributed by atoms with Gasteiger partial charge in [0.2, 0.25) is 0 Å². The first-order chi connectivity index (χ1) is 36.2. The molecule has 0 aliphatic carbocycles. The van der Waals surface area contributed by atoms with Crippen LogP contribution in [-0.2, 0) is 0 Å². The normalized spacial score (nSPS) is 13.1. The molecule has 0 unspecified atom stereocenters. The lowest BCUT2D eigenvalue weighted by atomic mass is 9.33. The van der Waals surface area contributed by atoms with Gasteiger partial charge in [-0.25, -0.2) is 0 Å². The van der Waals surface area contributed by atoms with Gasteiger partial charge >= 0.3 is 0 Å². The number of rotatable bonds is 4. The lowest BCUT2D eigenvalue weighted by Gasteiger charge is -2.44. The minimum absolute atomic E-state index is 0.185. The van der Waals surface area contributed by atoms with Crippen molar-refractivity contribution in [3.8, 4) is 22.3 Å². The van der Waals surface area contributed by atoms with Gasteiger partial charge in [-0.2, -0.15) is 0 Å². The molecular formula is C66H37BN2O3S. The molecule has 5 nitrogen and oxygen atoms in total. The van der Waals surface area contributed by atoms with E-state index in [0.29, 0.717) is 0 Å². The molecule has 0 radical (unpaired) electrons. The van der Waals surface area contributed by atoms with Crippen LogP contribution in [0.2, 0.25) is 0 Å². The monoisotopic (exact) mass is 948 g/mol. The maximum atomic E-state index is 7.16. The van der Waals surface area contributed by atoms with Crippen LogP contribution in [0.1, 0.15) is 0 Å². The van der Waals surface area contributed by atoms with Crippen LogP contribution in [0.3, 0.4) is 0 Å². The van der Waals surface area contributed by atoms with Gasteiger partial charge in [-0.15, -0.1) is 11.3 Å². The maximum Gasteiger partial charge on any atom is 0.252 e. The molecule has 4 aromatic heterocycles. The van der Waals surface area contributed by atoms with Crippen LogP contribution >= 0.6 is 11.3 Å². The summed E-state index contributed by atoms with van der Waals surface area (Å²) in [6.45, 7) is -0.185. The SMILES string of the molecule is c1ccc(-c2ccc3c(oc4ccccc43)c2N2c3cc4oc5ccccc5c4cc3B3c4cc5c(cc4N(c4c(-c6ccccc6)ccc6c4oc4ccccc46)c4cccc2c43)sc2ccccc25)cc1. The Morgan fingerprint density at radius 2 is 0.795 bits per heavy atom. The zero-order valence-corrected chi connectivity index (χ0v) is 39.8. The summed E-state index contributed by atoms with van der Waals surface area (Å²) < 4.78 is 23.6. The lowest BCUT2D eigenvalue weighted by molar-refractivity contribution is 0.667. The van der Waals surface area contributed by atoms with Crippen LogP contribution < -0.4 is 26.2 Å². The predicted octanol–water partition coefficient (Wildman–Crippen LogP) is 17.2. The average molecular weight is 949 g/mol. The third kappa shape index (κ3) is 5.41. The summed E-state index contributed by atoms with van der Waals surface area (Å²) >= 11 is 1.86. The zero-order valence-electron chi connectivity index (χ0n) is 39.0. The number of hydrogen-bond acceptors (Lipinski definition) is 6. The van der Waals surface area contributed by atoms with Gasteiger partial charge in [0.05, 0.1) is 11.4 Å². The van der Waals surface area contributed by atoms with E-state index in [1.807, 2.05) is 11.3 Å². The molecule has 2 aliphatic rings. The Bertz CT molecular complexity index is 4530. The number of anilines is 6. The average Bonchev–Trinajstić information content (AvgIpc) is 4.25. The number of nitrogens with zero attached hydrogens (tertiary/aromatic N) is 2. The van der Waals surface area contributed by atoms with Crippen LogP contribution in [0.15, 0.2) is 238 Å². The minimum atomic E-state index is -0.185. The summed E-state index contributed by atoms with van der Waals surface area (Å²) in [5.74, 6) is 0. The second-order valence-electron chi connectivity index (χ2n) is 19.4. The summed E-state index contributed by atoms with van der Waals surface area (Å²) in [6.07, 6.45) is 0. The molecule has 0 saturated carbocycles. The van der Waals surface area contributed by atoms with Crippen LogP contribution in [0.4, 0.5) is 34.1 Å². The molecule has 338 valence electrons. The molecule has 0 saturated heterocycles. The molecule has 7 heteroatoms. The molecule has 17 rings (SSSR count). The molecule has 73 heavy (non-hydrogen) atoms. The molecule has 0 N–H and O–H groups in total. The maximum absolute atomic E-state index is 7.16. The van der Waals surface area contributed by atoms with Crippen molar-refractivity contribution in [3.63, 3.8) is 0 Å². The summed E-state index contributed by atoms with van der Waals surface area (Å²) in [7, 11) is 0.